The average molecular weight is 555 g/mol. The van der Waals surface area contributed by atoms with Crippen LogP contribution < -0.4 is 20.5 Å². The van der Waals surface area contributed by atoms with Crippen LogP contribution in [0.1, 0.15) is 29.5 Å². The number of carbonyl (C=O) groups excluding carboxylic acids is 1. The van der Waals surface area contributed by atoms with Crippen molar-refractivity contribution < 1.29 is 22.7 Å². The first-order valence-corrected chi connectivity index (χ1v) is 13.8. The van der Waals surface area contributed by atoms with Gasteiger partial charge in [0.1, 0.15) is 17.2 Å². The molecular formula is C30H36F2N4O4. The largest absolute Gasteiger partial charge is 0.440 e. The van der Waals surface area contributed by atoms with Gasteiger partial charge in [0.25, 0.3) is 0 Å². The van der Waals surface area contributed by atoms with Gasteiger partial charge in [-0.05, 0) is 64.0 Å². The van der Waals surface area contributed by atoms with E-state index in [0.29, 0.717) is 80.0 Å². The van der Waals surface area contributed by atoms with Gasteiger partial charge >= 0.3 is 0 Å². The Morgan fingerprint density at radius 1 is 1.02 bits per heavy atom. The third kappa shape index (κ3) is 6.28. The SMILES string of the molecule is CN1CCC(NC=O)CC1.Cc1cc(CN2CCc3c(F)cc(F)cc32)c2oc(N3CCOCC3)cc(=O)c2c1. The van der Waals surface area contributed by atoms with Crippen molar-refractivity contribution in [1.29, 1.82) is 0 Å². The first-order valence-electron chi connectivity index (χ1n) is 13.8. The summed E-state index contributed by atoms with van der Waals surface area (Å²) < 4.78 is 39.6. The van der Waals surface area contributed by atoms with Gasteiger partial charge in [0.15, 0.2) is 11.3 Å². The summed E-state index contributed by atoms with van der Waals surface area (Å²) in [5.41, 5.74) is 3.29. The molecule has 2 saturated heterocycles. The van der Waals surface area contributed by atoms with E-state index in [4.69, 9.17) is 9.15 Å². The van der Waals surface area contributed by atoms with Crippen LogP contribution in [-0.2, 0) is 22.5 Å². The highest BCUT2D eigenvalue weighted by Gasteiger charge is 2.25. The fourth-order valence-electron chi connectivity index (χ4n) is 5.66. The van der Waals surface area contributed by atoms with Crippen LogP contribution in [0, 0.1) is 18.6 Å². The van der Waals surface area contributed by atoms with E-state index >= 15 is 0 Å². The topological polar surface area (TPSA) is 78.3 Å². The summed E-state index contributed by atoms with van der Waals surface area (Å²) in [4.78, 5) is 29.1. The lowest BCUT2D eigenvalue weighted by Gasteiger charge is -2.28. The zero-order valence-electron chi connectivity index (χ0n) is 23.1. The molecule has 0 atom stereocenters. The predicted molar refractivity (Wildman–Crippen MR) is 151 cm³/mol. The molecule has 0 radical (unpaired) electrons. The molecule has 0 spiro atoms. The molecule has 2 aromatic carbocycles. The molecule has 3 aliphatic rings. The molecule has 1 N–H and O–H groups in total. The number of aryl methyl sites for hydroxylation is 1. The van der Waals surface area contributed by atoms with Gasteiger partial charge in [-0.25, -0.2) is 8.78 Å². The molecule has 0 unspecified atom stereocenters. The van der Waals surface area contributed by atoms with Gasteiger partial charge in [-0.1, -0.05) is 6.07 Å². The zero-order valence-corrected chi connectivity index (χ0v) is 23.1. The lowest BCUT2D eigenvalue weighted by molar-refractivity contribution is -0.110. The molecular weight excluding hydrogens is 518 g/mol. The maximum absolute atomic E-state index is 14.2. The van der Waals surface area contributed by atoms with Crippen LogP contribution in [0.2, 0.25) is 0 Å². The van der Waals surface area contributed by atoms with Gasteiger partial charge in [0.05, 0.1) is 18.6 Å². The number of nitrogens with one attached hydrogen (secondary N) is 1. The Kier molecular flexibility index (Phi) is 8.66. The number of benzene rings is 2. The number of rotatable bonds is 5. The van der Waals surface area contributed by atoms with E-state index in [9.17, 15) is 18.4 Å². The van der Waals surface area contributed by atoms with Gasteiger partial charge < -0.3 is 29.2 Å². The normalized spacial score (nSPS) is 17.9. The molecule has 0 saturated carbocycles. The van der Waals surface area contributed by atoms with Crippen molar-refractivity contribution in [2.24, 2.45) is 0 Å². The van der Waals surface area contributed by atoms with Gasteiger partial charge in [-0.15, -0.1) is 0 Å². The highest BCUT2D eigenvalue weighted by molar-refractivity contribution is 5.82. The number of piperidine rings is 1. The minimum absolute atomic E-state index is 0.0957. The summed E-state index contributed by atoms with van der Waals surface area (Å²) in [6, 6.07) is 8.06. The Hall–Kier alpha value is -3.50. The van der Waals surface area contributed by atoms with Crippen molar-refractivity contribution in [3.8, 4) is 0 Å². The second kappa shape index (κ2) is 12.3. The number of likely N-dealkylation sites (tertiary alicyclic amines) is 1. The van der Waals surface area contributed by atoms with Crippen molar-refractivity contribution >= 4 is 29.0 Å². The lowest BCUT2D eigenvalue weighted by Crippen LogP contribution is -2.40. The van der Waals surface area contributed by atoms with Crippen molar-refractivity contribution in [3.05, 3.63) is 68.9 Å². The fraction of sp³-hybridized carbons (Fsp3) is 0.467. The second-order valence-corrected chi connectivity index (χ2v) is 10.8. The van der Waals surface area contributed by atoms with E-state index in [1.54, 1.807) is 0 Å². The molecule has 214 valence electrons. The third-order valence-corrected chi connectivity index (χ3v) is 7.85. The highest BCUT2D eigenvalue weighted by atomic mass is 19.1. The molecule has 0 aliphatic carbocycles. The van der Waals surface area contributed by atoms with Crippen LogP contribution in [-0.4, -0.2) is 70.3 Å². The first-order chi connectivity index (χ1) is 19.3. The molecule has 4 heterocycles. The van der Waals surface area contributed by atoms with E-state index in [1.165, 1.54) is 12.1 Å². The Balaban J connectivity index is 0.000000274. The quantitative estimate of drug-likeness (QED) is 0.483. The van der Waals surface area contributed by atoms with Crippen LogP contribution in [0.5, 0.6) is 0 Å². The fourth-order valence-corrected chi connectivity index (χ4v) is 5.66. The van der Waals surface area contributed by atoms with E-state index < -0.39 is 11.6 Å². The Labute approximate surface area is 232 Å². The molecule has 3 aliphatic heterocycles. The highest BCUT2D eigenvalue weighted by Crippen LogP contribution is 2.34. The summed E-state index contributed by atoms with van der Waals surface area (Å²) in [5.74, 6) is -0.573. The van der Waals surface area contributed by atoms with Crippen LogP contribution in [0.15, 0.2) is 39.5 Å². The van der Waals surface area contributed by atoms with Crippen molar-refractivity contribution in [2.75, 3.05) is 62.8 Å². The number of hydrogen-bond donors (Lipinski definition) is 1. The van der Waals surface area contributed by atoms with E-state index in [2.05, 4.69) is 17.3 Å². The molecule has 40 heavy (non-hydrogen) atoms. The van der Waals surface area contributed by atoms with Crippen molar-refractivity contribution in [1.82, 2.24) is 10.2 Å². The van der Waals surface area contributed by atoms with Crippen LogP contribution >= 0.6 is 0 Å². The van der Waals surface area contributed by atoms with E-state index in [1.807, 2.05) is 28.9 Å². The molecule has 10 heteroatoms. The van der Waals surface area contributed by atoms with Crippen LogP contribution in [0.3, 0.4) is 0 Å². The molecule has 6 rings (SSSR count). The predicted octanol–water partition coefficient (Wildman–Crippen LogP) is 3.61. The number of nitrogens with zero attached hydrogens (tertiary/aromatic N) is 3. The van der Waals surface area contributed by atoms with E-state index in [0.717, 1.165) is 49.5 Å². The minimum Gasteiger partial charge on any atom is -0.440 e. The molecule has 8 nitrogen and oxygen atoms in total. The third-order valence-electron chi connectivity index (χ3n) is 7.85. The number of fused-ring (bicyclic) bond motifs is 2. The number of carbonyl (C=O) groups is 1. The van der Waals surface area contributed by atoms with Gasteiger partial charge in [0, 0.05) is 61.2 Å². The van der Waals surface area contributed by atoms with E-state index in [-0.39, 0.29) is 5.43 Å². The maximum Gasteiger partial charge on any atom is 0.207 e. The summed E-state index contributed by atoms with van der Waals surface area (Å²) in [5, 5.41) is 3.32. The zero-order chi connectivity index (χ0) is 28.2. The number of hydrogen-bond acceptors (Lipinski definition) is 7. The Morgan fingerprint density at radius 3 is 2.50 bits per heavy atom. The Morgan fingerprint density at radius 2 is 1.77 bits per heavy atom. The Bertz CT molecular complexity index is 1420. The summed E-state index contributed by atoms with van der Waals surface area (Å²) in [6.45, 7) is 7.62. The monoisotopic (exact) mass is 554 g/mol. The summed E-state index contributed by atoms with van der Waals surface area (Å²) >= 11 is 0. The van der Waals surface area contributed by atoms with Gasteiger partial charge in [-0.3, -0.25) is 9.59 Å². The molecule has 3 aromatic rings. The average Bonchev–Trinajstić information content (AvgIpc) is 3.34. The molecule has 0 bridgehead atoms. The maximum atomic E-state index is 14.2. The number of anilines is 2. The minimum atomic E-state index is -0.589. The molecule has 2 fully saturated rings. The van der Waals surface area contributed by atoms with Gasteiger partial charge in [0.2, 0.25) is 6.41 Å². The first kappa shape index (κ1) is 28.0. The second-order valence-electron chi connectivity index (χ2n) is 10.8. The standard InChI is InChI=1S/C23H22F2N2O3.C7H14N2O/c1-14-8-15(13-27-3-2-17-19(25)10-16(24)11-20(17)27)23-18(9-14)21(28)12-22(30-23)26-4-6-29-7-5-26;1-9-4-2-7(3-5-9)8-6-10/h8-12H,2-7,13H2,1H3;6-7H,2-5H2,1H3,(H,8,10). The molecule has 1 amide bonds. The number of amides is 1. The van der Waals surface area contributed by atoms with Crippen LogP contribution in [0.25, 0.3) is 11.0 Å². The van der Waals surface area contributed by atoms with Crippen molar-refractivity contribution in [2.45, 2.75) is 38.8 Å². The molecule has 1 aromatic heterocycles. The number of morpholine rings is 1. The van der Waals surface area contributed by atoms with Crippen molar-refractivity contribution in [3.63, 3.8) is 0 Å². The smallest absolute Gasteiger partial charge is 0.207 e. The lowest BCUT2D eigenvalue weighted by atomic mass is 10.1. The van der Waals surface area contributed by atoms with Gasteiger partial charge in [-0.2, -0.15) is 0 Å². The van der Waals surface area contributed by atoms with Crippen LogP contribution in [0.4, 0.5) is 20.4 Å². The summed E-state index contributed by atoms with van der Waals surface area (Å²) in [7, 11) is 2.11. The number of ether oxygens (including phenoxy) is 1. The summed E-state index contributed by atoms with van der Waals surface area (Å²) in [6.07, 6.45) is 3.51. The number of halogens is 2.